The third kappa shape index (κ3) is 1.92. The summed E-state index contributed by atoms with van der Waals surface area (Å²) in [7, 11) is 0. The maximum Gasteiger partial charge on any atom is 0.148 e. The molecule has 2 rings (SSSR count). The van der Waals surface area contributed by atoms with Crippen LogP contribution in [0.5, 0.6) is 0 Å². The second-order valence-electron chi connectivity index (χ2n) is 3.03. The standard InChI is InChI=1S/C10H6BrClFNO/c1-5-9(11)10(14-15-5)7-3-2-6(13)4-8(7)12/h2-4H,1H3. The van der Waals surface area contributed by atoms with Crippen molar-refractivity contribution in [2.45, 2.75) is 6.92 Å². The molecule has 0 amide bonds. The molecule has 1 aromatic heterocycles. The number of aryl methyl sites for hydroxylation is 1. The van der Waals surface area contributed by atoms with E-state index < -0.39 is 0 Å². The van der Waals surface area contributed by atoms with Crippen LogP contribution in [0.15, 0.2) is 27.2 Å². The molecular formula is C10H6BrClFNO. The lowest BCUT2D eigenvalue weighted by atomic mass is 10.1. The van der Waals surface area contributed by atoms with Crippen LogP contribution in [0.4, 0.5) is 4.39 Å². The van der Waals surface area contributed by atoms with Gasteiger partial charge in [-0.05, 0) is 41.1 Å². The van der Waals surface area contributed by atoms with E-state index in [2.05, 4.69) is 21.1 Å². The Balaban J connectivity index is 2.59. The first-order valence-corrected chi connectivity index (χ1v) is 5.34. The van der Waals surface area contributed by atoms with E-state index in [1.54, 1.807) is 13.0 Å². The van der Waals surface area contributed by atoms with Crippen molar-refractivity contribution in [1.82, 2.24) is 5.16 Å². The highest BCUT2D eigenvalue weighted by Crippen LogP contribution is 2.34. The SMILES string of the molecule is Cc1onc(-c2ccc(F)cc2Cl)c1Br. The molecule has 2 aromatic rings. The molecular weight excluding hydrogens is 284 g/mol. The minimum atomic E-state index is -0.375. The molecule has 1 aromatic carbocycles. The van der Waals surface area contributed by atoms with Gasteiger partial charge in [-0.15, -0.1) is 0 Å². The molecule has 0 radical (unpaired) electrons. The van der Waals surface area contributed by atoms with E-state index in [0.717, 1.165) is 4.47 Å². The normalized spacial score (nSPS) is 10.7. The van der Waals surface area contributed by atoms with Gasteiger partial charge in [0.1, 0.15) is 17.3 Å². The third-order valence-electron chi connectivity index (χ3n) is 1.98. The number of nitrogens with zero attached hydrogens (tertiary/aromatic N) is 1. The van der Waals surface area contributed by atoms with Gasteiger partial charge in [-0.2, -0.15) is 0 Å². The maximum absolute atomic E-state index is 12.8. The van der Waals surface area contributed by atoms with Gasteiger partial charge in [0, 0.05) is 5.56 Å². The molecule has 0 bridgehead atoms. The molecule has 5 heteroatoms. The van der Waals surface area contributed by atoms with Crippen molar-refractivity contribution in [3.8, 4) is 11.3 Å². The van der Waals surface area contributed by atoms with E-state index in [4.69, 9.17) is 16.1 Å². The molecule has 0 aliphatic heterocycles. The van der Waals surface area contributed by atoms with Gasteiger partial charge in [0.25, 0.3) is 0 Å². The molecule has 1 heterocycles. The summed E-state index contributed by atoms with van der Waals surface area (Å²) in [5.74, 6) is 0.283. The molecule has 15 heavy (non-hydrogen) atoms. The fraction of sp³-hybridized carbons (Fsp3) is 0.100. The average Bonchev–Trinajstić information content (AvgIpc) is 2.49. The summed E-state index contributed by atoms with van der Waals surface area (Å²) >= 11 is 9.23. The molecule has 0 aliphatic carbocycles. The van der Waals surface area contributed by atoms with Gasteiger partial charge < -0.3 is 4.52 Å². The first-order chi connectivity index (χ1) is 7.09. The Labute approximate surface area is 99.2 Å². The van der Waals surface area contributed by atoms with Crippen LogP contribution >= 0.6 is 27.5 Å². The Morgan fingerprint density at radius 3 is 2.73 bits per heavy atom. The molecule has 0 fully saturated rings. The Morgan fingerprint density at radius 2 is 2.20 bits per heavy atom. The quantitative estimate of drug-likeness (QED) is 0.786. The summed E-state index contributed by atoms with van der Waals surface area (Å²) in [4.78, 5) is 0. The summed E-state index contributed by atoms with van der Waals surface area (Å²) in [5.41, 5.74) is 1.22. The smallest absolute Gasteiger partial charge is 0.148 e. The van der Waals surface area contributed by atoms with Crippen LogP contribution in [-0.4, -0.2) is 5.16 Å². The summed E-state index contributed by atoms with van der Waals surface area (Å²) in [6.45, 7) is 1.78. The number of benzene rings is 1. The van der Waals surface area contributed by atoms with Crippen molar-refractivity contribution < 1.29 is 8.91 Å². The number of aromatic nitrogens is 1. The second-order valence-corrected chi connectivity index (χ2v) is 4.23. The lowest BCUT2D eigenvalue weighted by Crippen LogP contribution is -1.82. The highest BCUT2D eigenvalue weighted by atomic mass is 79.9. The van der Waals surface area contributed by atoms with Crippen LogP contribution < -0.4 is 0 Å². The van der Waals surface area contributed by atoms with Crippen LogP contribution in [0.25, 0.3) is 11.3 Å². The zero-order chi connectivity index (χ0) is 11.0. The molecule has 78 valence electrons. The summed E-state index contributed by atoms with van der Waals surface area (Å²) in [5, 5.41) is 4.16. The lowest BCUT2D eigenvalue weighted by Gasteiger charge is -2.00. The van der Waals surface area contributed by atoms with Crippen LogP contribution in [0.2, 0.25) is 5.02 Å². The second kappa shape index (κ2) is 3.94. The van der Waals surface area contributed by atoms with Crippen molar-refractivity contribution in [2.24, 2.45) is 0 Å². The number of hydrogen-bond acceptors (Lipinski definition) is 2. The predicted molar refractivity (Wildman–Crippen MR) is 59.3 cm³/mol. The van der Waals surface area contributed by atoms with Gasteiger partial charge in [0.05, 0.1) is 9.50 Å². The molecule has 0 unspecified atom stereocenters. The van der Waals surface area contributed by atoms with E-state index in [9.17, 15) is 4.39 Å². The van der Waals surface area contributed by atoms with Crippen molar-refractivity contribution in [3.63, 3.8) is 0 Å². The monoisotopic (exact) mass is 289 g/mol. The topological polar surface area (TPSA) is 26.0 Å². The Bertz CT molecular complexity index is 512. The highest BCUT2D eigenvalue weighted by molar-refractivity contribution is 9.10. The van der Waals surface area contributed by atoms with Crippen molar-refractivity contribution in [1.29, 1.82) is 0 Å². The van der Waals surface area contributed by atoms with Gasteiger partial charge in [0.15, 0.2) is 0 Å². The van der Waals surface area contributed by atoms with E-state index in [1.807, 2.05) is 0 Å². The average molecular weight is 291 g/mol. The van der Waals surface area contributed by atoms with Gasteiger partial charge >= 0.3 is 0 Å². The minimum Gasteiger partial charge on any atom is -0.360 e. The number of rotatable bonds is 1. The zero-order valence-electron chi connectivity index (χ0n) is 7.72. The first-order valence-electron chi connectivity index (χ1n) is 4.17. The third-order valence-corrected chi connectivity index (χ3v) is 3.22. The molecule has 0 spiro atoms. The Morgan fingerprint density at radius 1 is 1.47 bits per heavy atom. The largest absolute Gasteiger partial charge is 0.360 e. The van der Waals surface area contributed by atoms with Gasteiger partial charge in [-0.3, -0.25) is 0 Å². The molecule has 2 nitrogen and oxygen atoms in total. The van der Waals surface area contributed by atoms with E-state index in [1.165, 1.54) is 12.1 Å². The number of halogens is 3. The van der Waals surface area contributed by atoms with Crippen LogP contribution in [0.3, 0.4) is 0 Å². The molecule has 0 saturated heterocycles. The minimum absolute atomic E-state index is 0.309. The van der Waals surface area contributed by atoms with Gasteiger partial charge in [0.2, 0.25) is 0 Å². The van der Waals surface area contributed by atoms with Crippen molar-refractivity contribution in [2.75, 3.05) is 0 Å². The lowest BCUT2D eigenvalue weighted by molar-refractivity contribution is 0.399. The molecule has 0 N–H and O–H groups in total. The Hall–Kier alpha value is -0.870. The Kier molecular flexibility index (Phi) is 2.80. The zero-order valence-corrected chi connectivity index (χ0v) is 10.1. The predicted octanol–water partition coefficient (Wildman–Crippen LogP) is 4.21. The molecule has 0 saturated carbocycles. The van der Waals surface area contributed by atoms with Crippen LogP contribution in [0.1, 0.15) is 5.76 Å². The fourth-order valence-electron chi connectivity index (χ4n) is 1.21. The summed E-state index contributed by atoms with van der Waals surface area (Å²) < 4.78 is 18.5. The highest BCUT2D eigenvalue weighted by Gasteiger charge is 2.14. The van der Waals surface area contributed by atoms with Crippen LogP contribution in [-0.2, 0) is 0 Å². The van der Waals surface area contributed by atoms with E-state index in [-0.39, 0.29) is 5.82 Å². The first kappa shape index (κ1) is 10.6. The van der Waals surface area contributed by atoms with Crippen LogP contribution in [0, 0.1) is 12.7 Å². The van der Waals surface area contributed by atoms with Crippen molar-refractivity contribution in [3.05, 3.63) is 39.3 Å². The number of hydrogen-bond donors (Lipinski definition) is 0. The molecule has 0 atom stereocenters. The van der Waals surface area contributed by atoms with Gasteiger partial charge in [-0.25, -0.2) is 4.39 Å². The maximum atomic E-state index is 12.8. The fourth-order valence-corrected chi connectivity index (χ4v) is 1.83. The molecule has 0 aliphatic rings. The van der Waals surface area contributed by atoms with Gasteiger partial charge in [-0.1, -0.05) is 16.8 Å². The van der Waals surface area contributed by atoms with E-state index >= 15 is 0 Å². The summed E-state index contributed by atoms with van der Waals surface area (Å²) in [6, 6.07) is 4.14. The van der Waals surface area contributed by atoms with E-state index in [0.29, 0.717) is 22.0 Å². The van der Waals surface area contributed by atoms with Crippen molar-refractivity contribution >= 4 is 27.5 Å². The summed E-state index contributed by atoms with van der Waals surface area (Å²) in [6.07, 6.45) is 0.